The van der Waals surface area contributed by atoms with Gasteiger partial charge in [0.25, 0.3) is 0 Å². The molecule has 1 atom stereocenters. The topological polar surface area (TPSA) is 23.5 Å². The van der Waals surface area contributed by atoms with Gasteiger partial charge in [0.2, 0.25) is 0 Å². The molecule has 0 aromatic heterocycles. The molecule has 1 unspecified atom stereocenters. The van der Waals surface area contributed by atoms with Gasteiger partial charge in [-0.1, -0.05) is 29.8 Å². The van der Waals surface area contributed by atoms with Crippen molar-refractivity contribution >= 4 is 12.4 Å². The Kier molecular flexibility index (Phi) is 7.57. The summed E-state index contributed by atoms with van der Waals surface area (Å²) in [5.74, 6) is 0.838. The van der Waals surface area contributed by atoms with Gasteiger partial charge in [0.1, 0.15) is 0 Å². The monoisotopic (exact) mass is 297 g/mol. The first kappa shape index (κ1) is 17.5. The van der Waals surface area contributed by atoms with Crippen LogP contribution in [0.4, 0.5) is 0 Å². The van der Waals surface area contributed by atoms with E-state index in [0.29, 0.717) is 0 Å². The maximum Gasteiger partial charge on any atom is 0.0524 e. The van der Waals surface area contributed by atoms with E-state index in [1.165, 1.54) is 43.5 Å². The van der Waals surface area contributed by atoms with Crippen LogP contribution >= 0.6 is 12.4 Å². The Morgan fingerprint density at radius 2 is 1.80 bits per heavy atom. The summed E-state index contributed by atoms with van der Waals surface area (Å²) in [5, 5.41) is 9.33. The van der Waals surface area contributed by atoms with Crippen molar-refractivity contribution in [3.8, 4) is 0 Å². The molecule has 0 saturated carbocycles. The second-order valence-corrected chi connectivity index (χ2v) is 6.11. The molecule has 1 aliphatic rings. The molecule has 2 nitrogen and oxygen atoms in total. The summed E-state index contributed by atoms with van der Waals surface area (Å²) in [6.07, 6.45) is 4.57. The Bertz CT molecular complexity index is 369. The van der Waals surface area contributed by atoms with Crippen molar-refractivity contribution < 1.29 is 5.11 Å². The molecule has 1 aromatic carbocycles. The van der Waals surface area contributed by atoms with Crippen molar-refractivity contribution in [2.75, 3.05) is 19.6 Å². The first-order valence-corrected chi connectivity index (χ1v) is 7.59. The number of aryl methyl sites for hydroxylation is 1. The fraction of sp³-hybridized carbons (Fsp3) is 0.647. The van der Waals surface area contributed by atoms with Crippen LogP contribution in [0.3, 0.4) is 0 Å². The van der Waals surface area contributed by atoms with Gasteiger partial charge in [0.05, 0.1) is 6.10 Å². The second-order valence-electron chi connectivity index (χ2n) is 6.11. The molecule has 0 bridgehead atoms. The molecule has 0 aliphatic carbocycles. The molecule has 1 aliphatic heterocycles. The highest BCUT2D eigenvalue weighted by Crippen LogP contribution is 2.22. The third kappa shape index (κ3) is 5.82. The fourth-order valence-electron chi connectivity index (χ4n) is 2.84. The van der Waals surface area contributed by atoms with E-state index >= 15 is 0 Å². The van der Waals surface area contributed by atoms with Crippen LogP contribution in [0.15, 0.2) is 24.3 Å². The molecule has 1 N–H and O–H groups in total. The van der Waals surface area contributed by atoms with Gasteiger partial charge in [-0.2, -0.15) is 0 Å². The Morgan fingerprint density at radius 1 is 1.20 bits per heavy atom. The van der Waals surface area contributed by atoms with Crippen LogP contribution in [0.1, 0.15) is 37.3 Å². The number of benzene rings is 1. The van der Waals surface area contributed by atoms with E-state index in [-0.39, 0.29) is 18.5 Å². The van der Waals surface area contributed by atoms with Gasteiger partial charge < -0.3 is 10.0 Å². The van der Waals surface area contributed by atoms with E-state index in [4.69, 9.17) is 0 Å². The van der Waals surface area contributed by atoms with Crippen LogP contribution in [-0.4, -0.2) is 35.7 Å². The molecule has 1 saturated heterocycles. The van der Waals surface area contributed by atoms with Crippen LogP contribution in [-0.2, 0) is 6.42 Å². The highest BCUT2D eigenvalue weighted by atomic mass is 35.5. The predicted octanol–water partition coefficient (Wildman–Crippen LogP) is 3.44. The number of aliphatic hydroxyl groups is 1. The molecule has 20 heavy (non-hydrogen) atoms. The van der Waals surface area contributed by atoms with Crippen molar-refractivity contribution in [3.05, 3.63) is 35.4 Å². The van der Waals surface area contributed by atoms with Crippen molar-refractivity contribution in [3.63, 3.8) is 0 Å². The summed E-state index contributed by atoms with van der Waals surface area (Å²) in [6, 6.07) is 8.98. The van der Waals surface area contributed by atoms with Gasteiger partial charge in [0, 0.05) is 6.54 Å². The molecule has 1 fully saturated rings. The molecule has 0 spiro atoms. The average molecular weight is 298 g/mol. The van der Waals surface area contributed by atoms with Gasteiger partial charge in [-0.25, -0.2) is 0 Å². The van der Waals surface area contributed by atoms with Crippen molar-refractivity contribution in [2.45, 2.75) is 45.6 Å². The first-order chi connectivity index (χ1) is 9.13. The summed E-state index contributed by atoms with van der Waals surface area (Å²) < 4.78 is 0. The largest absolute Gasteiger partial charge is 0.393 e. The molecular formula is C17H28ClNO. The van der Waals surface area contributed by atoms with Gasteiger partial charge in [-0.15, -0.1) is 12.4 Å². The zero-order valence-electron chi connectivity index (χ0n) is 12.7. The van der Waals surface area contributed by atoms with E-state index in [1.807, 2.05) is 6.92 Å². The van der Waals surface area contributed by atoms with Crippen LogP contribution in [0.5, 0.6) is 0 Å². The van der Waals surface area contributed by atoms with E-state index in [2.05, 4.69) is 36.1 Å². The van der Waals surface area contributed by atoms with E-state index in [0.717, 1.165) is 18.9 Å². The van der Waals surface area contributed by atoms with Crippen LogP contribution in [0.2, 0.25) is 0 Å². The number of likely N-dealkylation sites (tertiary alicyclic amines) is 1. The first-order valence-electron chi connectivity index (χ1n) is 7.59. The third-order valence-corrected chi connectivity index (χ3v) is 4.22. The highest BCUT2D eigenvalue weighted by Gasteiger charge is 2.19. The fourth-order valence-corrected chi connectivity index (χ4v) is 2.84. The van der Waals surface area contributed by atoms with Crippen molar-refractivity contribution in [2.24, 2.45) is 5.92 Å². The second kappa shape index (κ2) is 8.66. The van der Waals surface area contributed by atoms with E-state index in [9.17, 15) is 5.11 Å². The summed E-state index contributed by atoms with van der Waals surface area (Å²) in [5.41, 5.74) is 2.82. The lowest BCUT2D eigenvalue weighted by Gasteiger charge is -2.32. The lowest BCUT2D eigenvalue weighted by atomic mass is 9.90. The molecule has 2 rings (SSSR count). The Labute approximate surface area is 129 Å². The minimum atomic E-state index is -0.162. The van der Waals surface area contributed by atoms with Crippen molar-refractivity contribution in [1.82, 2.24) is 4.90 Å². The molecule has 1 aromatic rings. The third-order valence-electron chi connectivity index (χ3n) is 4.22. The highest BCUT2D eigenvalue weighted by molar-refractivity contribution is 5.85. The molecule has 0 radical (unpaired) electrons. The van der Waals surface area contributed by atoms with Gasteiger partial charge in [0.15, 0.2) is 0 Å². The van der Waals surface area contributed by atoms with E-state index in [1.54, 1.807) is 0 Å². The van der Waals surface area contributed by atoms with Gasteiger partial charge >= 0.3 is 0 Å². The molecule has 1 heterocycles. The molecule has 3 heteroatoms. The normalized spacial score (nSPS) is 18.6. The summed E-state index contributed by atoms with van der Waals surface area (Å²) in [7, 11) is 0. The van der Waals surface area contributed by atoms with Crippen LogP contribution in [0, 0.1) is 12.8 Å². The summed E-state index contributed by atoms with van der Waals surface area (Å²) >= 11 is 0. The van der Waals surface area contributed by atoms with Crippen molar-refractivity contribution in [1.29, 1.82) is 0 Å². The maximum atomic E-state index is 9.33. The van der Waals surface area contributed by atoms with E-state index < -0.39 is 0 Å². The molecule has 0 amide bonds. The number of aliphatic hydroxyl groups excluding tert-OH is 1. The Balaban J connectivity index is 0.00000200. The Hall–Kier alpha value is -0.570. The number of halogens is 1. The van der Waals surface area contributed by atoms with Gasteiger partial charge in [-0.3, -0.25) is 0 Å². The molecular weight excluding hydrogens is 270 g/mol. The zero-order valence-corrected chi connectivity index (χ0v) is 13.5. The quantitative estimate of drug-likeness (QED) is 0.900. The number of hydrogen-bond donors (Lipinski definition) is 1. The predicted molar refractivity (Wildman–Crippen MR) is 87.6 cm³/mol. The van der Waals surface area contributed by atoms with Crippen LogP contribution < -0.4 is 0 Å². The number of rotatable bonds is 5. The number of nitrogens with zero attached hydrogens (tertiary/aromatic N) is 1. The number of piperidine rings is 1. The molecule has 114 valence electrons. The lowest BCUT2D eigenvalue weighted by Crippen LogP contribution is -2.35. The smallest absolute Gasteiger partial charge is 0.0524 e. The lowest BCUT2D eigenvalue weighted by molar-refractivity contribution is 0.133. The SMILES string of the molecule is Cc1ccc(CC2CCN(CCC(C)O)CC2)cc1.Cl. The van der Waals surface area contributed by atoms with Crippen LogP contribution in [0.25, 0.3) is 0 Å². The minimum Gasteiger partial charge on any atom is -0.393 e. The average Bonchev–Trinajstić information content (AvgIpc) is 2.40. The Morgan fingerprint density at radius 3 is 2.35 bits per heavy atom. The maximum absolute atomic E-state index is 9.33. The van der Waals surface area contributed by atoms with Gasteiger partial charge in [-0.05, 0) is 64.1 Å². The zero-order chi connectivity index (χ0) is 13.7. The number of hydrogen-bond acceptors (Lipinski definition) is 2. The minimum absolute atomic E-state index is 0. The summed E-state index contributed by atoms with van der Waals surface area (Å²) in [4.78, 5) is 2.50. The summed E-state index contributed by atoms with van der Waals surface area (Å²) in [6.45, 7) is 7.47. The standard InChI is InChI=1S/C17H27NO.ClH/c1-14-3-5-16(6-4-14)13-17-8-11-18(12-9-17)10-7-15(2)19;/h3-6,15,17,19H,7-13H2,1-2H3;1H.